The van der Waals surface area contributed by atoms with Crippen molar-refractivity contribution in [3.63, 3.8) is 0 Å². The maximum Gasteiger partial charge on any atom is 0.295 e. The molecule has 0 atom stereocenters. The van der Waals surface area contributed by atoms with Crippen molar-refractivity contribution in [2.45, 2.75) is 6.92 Å². The van der Waals surface area contributed by atoms with E-state index in [0.29, 0.717) is 23.0 Å². The minimum absolute atomic E-state index is 0.0456. The van der Waals surface area contributed by atoms with Gasteiger partial charge in [0, 0.05) is 11.6 Å². The molecule has 0 fully saturated rings. The van der Waals surface area contributed by atoms with Gasteiger partial charge in [0.15, 0.2) is 5.82 Å². The lowest BCUT2D eigenvalue weighted by atomic mass is 10.2. The highest BCUT2D eigenvalue weighted by atomic mass is 16.5. The second-order valence-electron chi connectivity index (χ2n) is 6.89. The Hall–Kier alpha value is -4.13. The Morgan fingerprint density at radius 2 is 1.68 bits per heavy atom. The van der Waals surface area contributed by atoms with Crippen molar-refractivity contribution in [3.8, 4) is 28.6 Å². The lowest BCUT2D eigenvalue weighted by Gasteiger charge is -2.10. The first-order valence-electron chi connectivity index (χ1n) is 9.72. The molecule has 0 aliphatic carbocycles. The average molecular weight is 414 g/mol. The van der Waals surface area contributed by atoms with E-state index >= 15 is 0 Å². The number of hydrogen-bond acceptors (Lipinski definition) is 5. The summed E-state index contributed by atoms with van der Waals surface area (Å²) in [6.45, 7) is 2.02. The predicted molar refractivity (Wildman–Crippen MR) is 119 cm³/mol. The molecule has 0 unspecified atom stereocenters. The summed E-state index contributed by atoms with van der Waals surface area (Å²) in [5, 5.41) is 7.32. The number of nitrogens with zero attached hydrogens (tertiary/aromatic N) is 3. The van der Waals surface area contributed by atoms with Gasteiger partial charge in [-0.3, -0.25) is 4.79 Å². The van der Waals surface area contributed by atoms with Crippen LogP contribution in [0.1, 0.15) is 16.2 Å². The molecule has 0 radical (unpaired) electrons. The van der Waals surface area contributed by atoms with E-state index < -0.39 is 5.91 Å². The zero-order chi connectivity index (χ0) is 21.8. The molecule has 1 aromatic heterocycles. The molecule has 0 saturated carbocycles. The van der Waals surface area contributed by atoms with Crippen molar-refractivity contribution >= 4 is 11.6 Å². The van der Waals surface area contributed by atoms with E-state index in [1.165, 1.54) is 7.11 Å². The van der Waals surface area contributed by atoms with Crippen LogP contribution in [0, 0.1) is 6.92 Å². The minimum atomic E-state index is -0.449. The molecular weight excluding hydrogens is 392 g/mol. The Labute approximate surface area is 180 Å². The summed E-state index contributed by atoms with van der Waals surface area (Å²) < 4.78 is 12.3. The van der Waals surface area contributed by atoms with Gasteiger partial charge < -0.3 is 14.8 Å². The number of anilines is 1. The van der Waals surface area contributed by atoms with Crippen LogP contribution in [0.4, 0.5) is 5.69 Å². The SMILES string of the molecule is COc1ccc(OC)c(NC(=O)c2nc(-c3ccccc3)n(-c3ccc(C)cc3)n2)c1. The molecule has 0 bridgehead atoms. The number of aromatic nitrogens is 3. The highest BCUT2D eigenvalue weighted by Crippen LogP contribution is 2.29. The molecule has 1 amide bonds. The Kier molecular flexibility index (Phi) is 5.66. The van der Waals surface area contributed by atoms with Crippen LogP contribution in [-0.4, -0.2) is 34.9 Å². The summed E-state index contributed by atoms with van der Waals surface area (Å²) >= 11 is 0. The van der Waals surface area contributed by atoms with E-state index in [1.54, 1.807) is 30.0 Å². The molecule has 4 aromatic rings. The molecular formula is C24H22N4O3. The number of carbonyl (C=O) groups excluding carboxylic acids is 1. The number of aryl methyl sites for hydroxylation is 1. The van der Waals surface area contributed by atoms with E-state index in [1.807, 2.05) is 61.5 Å². The Morgan fingerprint density at radius 1 is 0.935 bits per heavy atom. The first-order valence-corrected chi connectivity index (χ1v) is 9.72. The molecule has 1 N–H and O–H groups in total. The quantitative estimate of drug-likeness (QED) is 0.502. The molecule has 0 spiro atoms. The van der Waals surface area contributed by atoms with Gasteiger partial charge in [-0.1, -0.05) is 48.0 Å². The predicted octanol–water partition coefficient (Wildman–Crippen LogP) is 4.51. The molecule has 3 aromatic carbocycles. The fourth-order valence-corrected chi connectivity index (χ4v) is 3.14. The number of ether oxygens (including phenoxy) is 2. The summed E-state index contributed by atoms with van der Waals surface area (Å²) in [7, 11) is 3.10. The molecule has 0 aliphatic heterocycles. The number of carbonyl (C=O) groups is 1. The van der Waals surface area contributed by atoms with E-state index in [-0.39, 0.29) is 5.82 Å². The summed E-state index contributed by atoms with van der Waals surface area (Å²) in [6, 6.07) is 22.7. The second-order valence-corrected chi connectivity index (χ2v) is 6.89. The van der Waals surface area contributed by atoms with Crippen LogP contribution >= 0.6 is 0 Å². The van der Waals surface area contributed by atoms with Crippen LogP contribution in [0.2, 0.25) is 0 Å². The summed E-state index contributed by atoms with van der Waals surface area (Å²) in [5.41, 5.74) is 3.27. The smallest absolute Gasteiger partial charge is 0.295 e. The van der Waals surface area contributed by atoms with Gasteiger partial charge >= 0.3 is 0 Å². The molecule has 31 heavy (non-hydrogen) atoms. The zero-order valence-electron chi connectivity index (χ0n) is 17.5. The third kappa shape index (κ3) is 4.25. The van der Waals surface area contributed by atoms with Crippen molar-refractivity contribution < 1.29 is 14.3 Å². The monoisotopic (exact) mass is 414 g/mol. The maximum absolute atomic E-state index is 13.0. The van der Waals surface area contributed by atoms with Crippen molar-refractivity contribution in [2.24, 2.45) is 0 Å². The zero-order valence-corrected chi connectivity index (χ0v) is 17.5. The maximum atomic E-state index is 13.0. The van der Waals surface area contributed by atoms with Gasteiger partial charge in [0.1, 0.15) is 11.5 Å². The minimum Gasteiger partial charge on any atom is -0.497 e. The Bertz CT molecular complexity index is 1200. The summed E-state index contributed by atoms with van der Waals surface area (Å²) in [5.74, 6) is 1.28. The largest absolute Gasteiger partial charge is 0.497 e. The van der Waals surface area contributed by atoms with Gasteiger partial charge in [0.25, 0.3) is 5.91 Å². The first-order chi connectivity index (χ1) is 15.1. The number of hydrogen-bond donors (Lipinski definition) is 1. The number of nitrogens with one attached hydrogen (secondary N) is 1. The molecule has 7 nitrogen and oxygen atoms in total. The van der Waals surface area contributed by atoms with Gasteiger partial charge in [-0.25, -0.2) is 9.67 Å². The number of methoxy groups -OCH3 is 2. The van der Waals surface area contributed by atoms with Crippen LogP contribution < -0.4 is 14.8 Å². The second kappa shape index (κ2) is 8.71. The highest BCUT2D eigenvalue weighted by molar-refractivity contribution is 6.02. The number of amides is 1. The van der Waals surface area contributed by atoms with Crippen LogP contribution in [-0.2, 0) is 0 Å². The van der Waals surface area contributed by atoms with Gasteiger partial charge in [0.05, 0.1) is 25.6 Å². The van der Waals surface area contributed by atoms with E-state index in [2.05, 4.69) is 15.4 Å². The summed E-state index contributed by atoms with van der Waals surface area (Å²) in [4.78, 5) is 17.6. The Balaban J connectivity index is 1.74. The van der Waals surface area contributed by atoms with Crippen LogP contribution in [0.5, 0.6) is 11.5 Å². The van der Waals surface area contributed by atoms with Gasteiger partial charge in [-0.15, -0.1) is 5.10 Å². The van der Waals surface area contributed by atoms with Gasteiger partial charge in [0.2, 0.25) is 5.82 Å². The Morgan fingerprint density at radius 3 is 2.35 bits per heavy atom. The van der Waals surface area contributed by atoms with E-state index in [4.69, 9.17) is 9.47 Å². The van der Waals surface area contributed by atoms with Crippen molar-refractivity contribution in [1.29, 1.82) is 0 Å². The lowest BCUT2D eigenvalue weighted by molar-refractivity contribution is 0.101. The van der Waals surface area contributed by atoms with Crippen LogP contribution in [0.25, 0.3) is 17.1 Å². The fraction of sp³-hybridized carbons (Fsp3) is 0.125. The van der Waals surface area contributed by atoms with E-state index in [0.717, 1.165) is 16.8 Å². The highest BCUT2D eigenvalue weighted by Gasteiger charge is 2.20. The van der Waals surface area contributed by atoms with Crippen molar-refractivity contribution in [3.05, 3.63) is 84.2 Å². The van der Waals surface area contributed by atoms with Crippen molar-refractivity contribution in [2.75, 3.05) is 19.5 Å². The van der Waals surface area contributed by atoms with Crippen molar-refractivity contribution in [1.82, 2.24) is 14.8 Å². The lowest BCUT2D eigenvalue weighted by Crippen LogP contribution is -2.15. The molecule has 0 saturated heterocycles. The summed E-state index contributed by atoms with van der Waals surface area (Å²) in [6.07, 6.45) is 0. The van der Waals surface area contributed by atoms with Crippen LogP contribution in [0.15, 0.2) is 72.8 Å². The van der Waals surface area contributed by atoms with Gasteiger partial charge in [-0.05, 0) is 31.2 Å². The molecule has 156 valence electrons. The number of rotatable bonds is 6. The first kappa shape index (κ1) is 20.2. The third-order valence-corrected chi connectivity index (χ3v) is 4.78. The third-order valence-electron chi connectivity index (χ3n) is 4.78. The number of benzene rings is 3. The standard InChI is InChI=1S/C24H22N4O3/c1-16-9-11-18(12-10-16)28-23(17-7-5-4-6-8-17)26-22(27-28)24(29)25-20-15-19(30-2)13-14-21(20)31-3/h4-15H,1-3H3,(H,25,29). The molecule has 4 rings (SSSR count). The van der Waals surface area contributed by atoms with Gasteiger partial charge in [-0.2, -0.15) is 0 Å². The molecule has 1 heterocycles. The normalized spacial score (nSPS) is 10.5. The molecule has 7 heteroatoms. The topological polar surface area (TPSA) is 78.3 Å². The fourth-order valence-electron chi connectivity index (χ4n) is 3.14. The molecule has 0 aliphatic rings. The van der Waals surface area contributed by atoms with E-state index in [9.17, 15) is 4.79 Å². The van der Waals surface area contributed by atoms with Crippen LogP contribution in [0.3, 0.4) is 0 Å². The average Bonchev–Trinajstić information content (AvgIpc) is 3.26.